The summed E-state index contributed by atoms with van der Waals surface area (Å²) in [4.78, 5) is 14.5. The van der Waals surface area contributed by atoms with E-state index in [-0.39, 0.29) is 5.91 Å². The van der Waals surface area contributed by atoms with Crippen molar-refractivity contribution >= 4 is 11.6 Å². The number of rotatable bonds is 4. The molecule has 2 heterocycles. The van der Waals surface area contributed by atoms with Crippen LogP contribution in [0.15, 0.2) is 30.3 Å². The maximum absolute atomic E-state index is 12.4. The molecule has 3 rings (SSSR count). The molecule has 0 unspecified atom stereocenters. The quantitative estimate of drug-likeness (QED) is 0.891. The monoisotopic (exact) mass is 342 g/mol. The summed E-state index contributed by atoms with van der Waals surface area (Å²) in [6.07, 6.45) is 1.27. The molecule has 1 aromatic heterocycles. The Balaban J connectivity index is 1.56. The fourth-order valence-corrected chi connectivity index (χ4v) is 3.45. The number of hydrogen-bond acceptors (Lipinski definition) is 4. The van der Waals surface area contributed by atoms with Gasteiger partial charge in [-0.3, -0.25) is 14.4 Å². The largest absolute Gasteiger partial charge is 0.385 e. The van der Waals surface area contributed by atoms with Crippen molar-refractivity contribution in [3.05, 3.63) is 47.3 Å². The zero-order chi connectivity index (χ0) is 18.0. The number of anilines is 1. The van der Waals surface area contributed by atoms with Crippen molar-refractivity contribution in [1.82, 2.24) is 14.7 Å². The molecule has 6 nitrogen and oxygen atoms in total. The average molecular weight is 342 g/mol. The van der Waals surface area contributed by atoms with E-state index in [1.165, 1.54) is 0 Å². The molecule has 1 aromatic carbocycles. The molecular formula is C19H26N4O2. The smallest absolute Gasteiger partial charge is 0.238 e. The molecule has 6 heteroatoms. The summed E-state index contributed by atoms with van der Waals surface area (Å²) in [5.41, 5.74) is 2.74. The Labute approximate surface area is 148 Å². The summed E-state index contributed by atoms with van der Waals surface area (Å²) < 4.78 is 1.77. The summed E-state index contributed by atoms with van der Waals surface area (Å²) >= 11 is 0. The zero-order valence-corrected chi connectivity index (χ0v) is 15.1. The Kier molecular flexibility index (Phi) is 4.92. The highest BCUT2D eigenvalue weighted by Gasteiger charge is 2.34. The van der Waals surface area contributed by atoms with Gasteiger partial charge in [0.15, 0.2) is 0 Å². The van der Waals surface area contributed by atoms with Gasteiger partial charge in [-0.2, -0.15) is 5.10 Å². The van der Waals surface area contributed by atoms with Crippen LogP contribution in [0.4, 0.5) is 5.69 Å². The van der Waals surface area contributed by atoms with E-state index in [2.05, 4.69) is 15.3 Å². The normalized spacial score (nSPS) is 17.4. The number of aromatic nitrogens is 2. The maximum atomic E-state index is 12.4. The number of piperidine rings is 1. The third kappa shape index (κ3) is 3.75. The predicted molar refractivity (Wildman–Crippen MR) is 97.3 cm³/mol. The Morgan fingerprint density at radius 3 is 2.44 bits per heavy atom. The molecule has 25 heavy (non-hydrogen) atoms. The number of likely N-dealkylation sites (tertiary alicyclic amines) is 1. The van der Waals surface area contributed by atoms with Crippen LogP contribution < -0.4 is 5.32 Å². The lowest BCUT2D eigenvalue weighted by Gasteiger charge is -2.38. The molecule has 2 aromatic rings. The van der Waals surface area contributed by atoms with Gasteiger partial charge in [0, 0.05) is 20.1 Å². The molecule has 2 N–H and O–H groups in total. The standard InChI is InChI=1S/C19H26N4O2/c1-14-18(15(2)22(3)21-14)20-17(24)13-23-11-9-19(25,10-12-23)16-7-5-4-6-8-16/h4-8,25H,9-13H2,1-3H3,(H,20,24). The first-order chi connectivity index (χ1) is 11.9. The van der Waals surface area contributed by atoms with E-state index in [1.54, 1.807) is 4.68 Å². The van der Waals surface area contributed by atoms with E-state index >= 15 is 0 Å². The fraction of sp³-hybridized carbons (Fsp3) is 0.474. The van der Waals surface area contributed by atoms with Crippen LogP contribution in [-0.2, 0) is 17.4 Å². The van der Waals surface area contributed by atoms with E-state index < -0.39 is 5.60 Å². The molecule has 0 atom stereocenters. The van der Waals surface area contributed by atoms with Gasteiger partial charge in [-0.25, -0.2) is 0 Å². The van der Waals surface area contributed by atoms with Crippen LogP contribution in [-0.4, -0.2) is 45.3 Å². The van der Waals surface area contributed by atoms with Gasteiger partial charge >= 0.3 is 0 Å². The molecule has 0 radical (unpaired) electrons. The average Bonchev–Trinajstić information content (AvgIpc) is 2.84. The minimum absolute atomic E-state index is 0.0376. The van der Waals surface area contributed by atoms with Crippen LogP contribution in [0.2, 0.25) is 0 Å². The van der Waals surface area contributed by atoms with E-state index in [0.717, 1.165) is 22.6 Å². The first-order valence-corrected chi connectivity index (χ1v) is 8.69. The highest BCUT2D eigenvalue weighted by atomic mass is 16.3. The van der Waals surface area contributed by atoms with Crippen molar-refractivity contribution in [3.63, 3.8) is 0 Å². The summed E-state index contributed by atoms with van der Waals surface area (Å²) in [5, 5.41) is 18.2. The SMILES string of the molecule is Cc1nn(C)c(C)c1NC(=O)CN1CCC(O)(c2ccccc2)CC1. The molecule has 0 aliphatic carbocycles. The number of nitrogens with one attached hydrogen (secondary N) is 1. The highest BCUT2D eigenvalue weighted by Crippen LogP contribution is 2.32. The van der Waals surface area contributed by atoms with Crippen molar-refractivity contribution < 1.29 is 9.90 Å². The van der Waals surface area contributed by atoms with Gasteiger partial charge in [0.05, 0.1) is 29.2 Å². The van der Waals surface area contributed by atoms with Crippen LogP contribution in [0.3, 0.4) is 0 Å². The van der Waals surface area contributed by atoms with Gasteiger partial charge in [0.2, 0.25) is 5.91 Å². The van der Waals surface area contributed by atoms with Crippen LogP contribution in [0.5, 0.6) is 0 Å². The summed E-state index contributed by atoms with van der Waals surface area (Å²) in [5.74, 6) is -0.0376. The van der Waals surface area contributed by atoms with Crippen molar-refractivity contribution in [3.8, 4) is 0 Å². The molecular weight excluding hydrogens is 316 g/mol. The molecule has 1 saturated heterocycles. The second-order valence-electron chi connectivity index (χ2n) is 6.89. The first kappa shape index (κ1) is 17.6. The number of aliphatic hydroxyl groups is 1. The van der Waals surface area contributed by atoms with E-state index in [0.29, 0.717) is 32.5 Å². The number of amides is 1. The van der Waals surface area contributed by atoms with E-state index in [1.807, 2.05) is 51.2 Å². The third-order valence-corrected chi connectivity index (χ3v) is 5.14. The Morgan fingerprint density at radius 1 is 1.24 bits per heavy atom. The lowest BCUT2D eigenvalue weighted by molar-refractivity contribution is -0.118. The second kappa shape index (κ2) is 6.98. The first-order valence-electron chi connectivity index (χ1n) is 8.69. The Hall–Kier alpha value is -2.18. The number of aryl methyl sites for hydroxylation is 2. The summed E-state index contributed by atoms with van der Waals surface area (Å²) in [7, 11) is 1.87. The van der Waals surface area contributed by atoms with Gasteiger partial charge in [-0.1, -0.05) is 30.3 Å². The molecule has 1 fully saturated rings. The van der Waals surface area contributed by atoms with Crippen LogP contribution in [0.1, 0.15) is 29.8 Å². The van der Waals surface area contributed by atoms with Gasteiger partial charge in [0.25, 0.3) is 0 Å². The molecule has 0 spiro atoms. The molecule has 1 amide bonds. The molecule has 1 aliphatic rings. The topological polar surface area (TPSA) is 70.4 Å². The minimum atomic E-state index is -0.787. The maximum Gasteiger partial charge on any atom is 0.238 e. The predicted octanol–water partition coefficient (Wildman–Crippen LogP) is 1.96. The van der Waals surface area contributed by atoms with Crippen LogP contribution >= 0.6 is 0 Å². The second-order valence-corrected chi connectivity index (χ2v) is 6.89. The third-order valence-electron chi connectivity index (χ3n) is 5.14. The lowest BCUT2D eigenvalue weighted by Crippen LogP contribution is -2.45. The number of nitrogens with zero attached hydrogens (tertiary/aromatic N) is 3. The summed E-state index contributed by atoms with van der Waals surface area (Å²) in [6.45, 7) is 5.56. The Bertz CT molecular complexity index is 746. The fourth-order valence-electron chi connectivity index (χ4n) is 3.45. The van der Waals surface area contributed by atoms with Gasteiger partial charge in [0.1, 0.15) is 0 Å². The number of hydrogen-bond donors (Lipinski definition) is 2. The molecule has 0 saturated carbocycles. The number of carbonyl (C=O) groups excluding carboxylic acids is 1. The number of carbonyl (C=O) groups is 1. The molecule has 0 bridgehead atoms. The van der Waals surface area contributed by atoms with E-state index in [9.17, 15) is 9.90 Å². The number of benzene rings is 1. The van der Waals surface area contributed by atoms with Gasteiger partial charge in [-0.05, 0) is 32.3 Å². The zero-order valence-electron chi connectivity index (χ0n) is 15.1. The van der Waals surface area contributed by atoms with Crippen LogP contribution in [0, 0.1) is 13.8 Å². The van der Waals surface area contributed by atoms with Gasteiger partial charge in [-0.15, -0.1) is 0 Å². The Morgan fingerprint density at radius 2 is 1.88 bits per heavy atom. The highest BCUT2D eigenvalue weighted by molar-refractivity contribution is 5.93. The van der Waals surface area contributed by atoms with Crippen molar-refractivity contribution in [2.45, 2.75) is 32.3 Å². The summed E-state index contributed by atoms with van der Waals surface area (Å²) in [6, 6.07) is 9.79. The van der Waals surface area contributed by atoms with Crippen LogP contribution in [0.25, 0.3) is 0 Å². The minimum Gasteiger partial charge on any atom is -0.385 e. The van der Waals surface area contributed by atoms with Crippen molar-refractivity contribution in [1.29, 1.82) is 0 Å². The van der Waals surface area contributed by atoms with Crippen molar-refractivity contribution in [2.24, 2.45) is 7.05 Å². The van der Waals surface area contributed by atoms with Crippen molar-refractivity contribution in [2.75, 3.05) is 25.0 Å². The molecule has 134 valence electrons. The van der Waals surface area contributed by atoms with E-state index in [4.69, 9.17) is 0 Å². The molecule has 1 aliphatic heterocycles. The lowest BCUT2D eigenvalue weighted by atomic mass is 9.84. The van der Waals surface area contributed by atoms with Gasteiger partial charge < -0.3 is 10.4 Å².